The van der Waals surface area contributed by atoms with Crippen molar-refractivity contribution < 1.29 is 4.79 Å². The van der Waals surface area contributed by atoms with Gasteiger partial charge in [-0.25, -0.2) is 9.50 Å². The quantitative estimate of drug-likeness (QED) is 0.643. The molecular weight excluding hydrogens is 350 g/mol. The lowest BCUT2D eigenvalue weighted by Crippen LogP contribution is -2.39. The lowest BCUT2D eigenvalue weighted by molar-refractivity contribution is -0.131. The van der Waals surface area contributed by atoms with Crippen molar-refractivity contribution in [2.24, 2.45) is 0 Å². The van der Waals surface area contributed by atoms with E-state index in [0.29, 0.717) is 18.1 Å². The summed E-state index contributed by atoms with van der Waals surface area (Å²) in [5, 5.41) is 4.45. The van der Waals surface area contributed by atoms with Gasteiger partial charge in [0.05, 0.1) is 13.0 Å². The Kier molecular flexibility index (Phi) is 6.05. The molecule has 2 aromatic heterocycles. The van der Waals surface area contributed by atoms with Gasteiger partial charge >= 0.3 is 0 Å². The summed E-state index contributed by atoms with van der Waals surface area (Å²) in [5.41, 5.74) is 2.77. The molecule has 0 radical (unpaired) electrons. The monoisotopic (exact) mass is 375 g/mol. The van der Waals surface area contributed by atoms with Gasteiger partial charge in [0.25, 0.3) is 5.78 Å². The first-order valence-corrected chi connectivity index (χ1v) is 9.51. The largest absolute Gasteiger partial charge is 0.328 e. The van der Waals surface area contributed by atoms with Gasteiger partial charge in [0, 0.05) is 23.0 Å². The van der Waals surface area contributed by atoms with E-state index in [4.69, 9.17) is 0 Å². The topological polar surface area (TPSA) is 63.4 Å². The SMILES string of the molecule is CCC(C)N(CC#Cc1ccccc1)C(=O)Cc1nc2nc(C)cc(C)n2n1. The Balaban J connectivity index is 1.76. The van der Waals surface area contributed by atoms with E-state index < -0.39 is 0 Å². The molecule has 6 heteroatoms. The average molecular weight is 375 g/mol. The second-order valence-corrected chi connectivity index (χ2v) is 6.90. The minimum atomic E-state index is -0.0259. The molecule has 0 bridgehead atoms. The maximum absolute atomic E-state index is 12.9. The van der Waals surface area contributed by atoms with Crippen molar-refractivity contribution in [2.75, 3.05) is 6.54 Å². The van der Waals surface area contributed by atoms with Crippen LogP contribution < -0.4 is 0 Å². The molecule has 0 spiro atoms. The van der Waals surface area contributed by atoms with Crippen molar-refractivity contribution in [1.82, 2.24) is 24.5 Å². The Morgan fingerprint density at radius 2 is 1.96 bits per heavy atom. The van der Waals surface area contributed by atoms with Crippen LogP contribution in [0.3, 0.4) is 0 Å². The van der Waals surface area contributed by atoms with Gasteiger partial charge in [0.15, 0.2) is 5.82 Å². The summed E-state index contributed by atoms with van der Waals surface area (Å²) in [7, 11) is 0. The molecule has 3 aromatic rings. The third kappa shape index (κ3) is 4.55. The lowest BCUT2D eigenvalue weighted by atomic mass is 10.2. The maximum atomic E-state index is 12.9. The first-order valence-electron chi connectivity index (χ1n) is 9.51. The van der Waals surface area contributed by atoms with Gasteiger partial charge in [-0.15, -0.1) is 5.10 Å². The van der Waals surface area contributed by atoms with Crippen molar-refractivity contribution in [2.45, 2.75) is 46.6 Å². The second-order valence-electron chi connectivity index (χ2n) is 6.90. The average Bonchev–Trinajstić information content (AvgIpc) is 3.08. The molecule has 0 N–H and O–H groups in total. The third-order valence-electron chi connectivity index (χ3n) is 4.67. The second kappa shape index (κ2) is 8.66. The van der Waals surface area contributed by atoms with Gasteiger partial charge in [-0.05, 0) is 45.4 Å². The van der Waals surface area contributed by atoms with Crippen LogP contribution in [-0.4, -0.2) is 43.0 Å². The van der Waals surface area contributed by atoms with Crippen LogP contribution in [0.5, 0.6) is 0 Å². The lowest BCUT2D eigenvalue weighted by Gasteiger charge is -2.26. The Morgan fingerprint density at radius 1 is 1.21 bits per heavy atom. The van der Waals surface area contributed by atoms with Gasteiger partial charge in [0.1, 0.15) is 0 Å². The van der Waals surface area contributed by atoms with E-state index in [-0.39, 0.29) is 18.4 Å². The fourth-order valence-corrected chi connectivity index (χ4v) is 2.98. The third-order valence-corrected chi connectivity index (χ3v) is 4.67. The number of hydrogen-bond acceptors (Lipinski definition) is 4. The van der Waals surface area contributed by atoms with Gasteiger partial charge in [-0.1, -0.05) is 37.0 Å². The van der Waals surface area contributed by atoms with Gasteiger partial charge in [-0.2, -0.15) is 4.98 Å². The minimum Gasteiger partial charge on any atom is -0.328 e. The smallest absolute Gasteiger partial charge is 0.252 e. The predicted octanol–water partition coefficient (Wildman–Crippen LogP) is 2.96. The van der Waals surface area contributed by atoms with E-state index in [1.54, 1.807) is 9.42 Å². The van der Waals surface area contributed by atoms with Crippen molar-refractivity contribution in [3.63, 3.8) is 0 Å². The zero-order valence-electron chi connectivity index (χ0n) is 16.8. The number of benzene rings is 1. The Morgan fingerprint density at radius 3 is 2.68 bits per heavy atom. The van der Waals surface area contributed by atoms with Crippen molar-refractivity contribution >= 4 is 11.7 Å². The molecular formula is C22H25N5O. The fourth-order valence-electron chi connectivity index (χ4n) is 2.98. The summed E-state index contributed by atoms with van der Waals surface area (Å²) in [5.74, 6) is 7.23. The summed E-state index contributed by atoms with van der Waals surface area (Å²) in [6.45, 7) is 8.35. The summed E-state index contributed by atoms with van der Waals surface area (Å²) in [6, 6.07) is 11.8. The number of carbonyl (C=O) groups is 1. The molecule has 0 aliphatic heterocycles. The minimum absolute atomic E-state index is 0.0259. The first kappa shape index (κ1) is 19.6. The number of fused-ring (bicyclic) bond motifs is 1. The van der Waals surface area contributed by atoms with E-state index >= 15 is 0 Å². The predicted molar refractivity (Wildman–Crippen MR) is 109 cm³/mol. The molecule has 1 atom stereocenters. The van der Waals surface area contributed by atoms with Crippen LogP contribution in [0.15, 0.2) is 36.4 Å². The van der Waals surface area contributed by atoms with Crippen LogP contribution in [-0.2, 0) is 11.2 Å². The zero-order valence-corrected chi connectivity index (χ0v) is 16.8. The van der Waals surface area contributed by atoms with Crippen molar-refractivity contribution in [3.8, 4) is 11.8 Å². The Bertz CT molecular complexity index is 1030. The van der Waals surface area contributed by atoms with Crippen LogP contribution in [0.4, 0.5) is 0 Å². The van der Waals surface area contributed by atoms with E-state index in [1.165, 1.54) is 0 Å². The molecule has 28 heavy (non-hydrogen) atoms. The summed E-state index contributed by atoms with van der Waals surface area (Å²) in [6.07, 6.45) is 0.996. The highest BCUT2D eigenvalue weighted by Crippen LogP contribution is 2.09. The highest BCUT2D eigenvalue weighted by Gasteiger charge is 2.20. The molecule has 0 aliphatic carbocycles. The zero-order chi connectivity index (χ0) is 20.1. The number of carbonyl (C=O) groups excluding carboxylic acids is 1. The standard InChI is InChI=1S/C22H25N5O/c1-5-17(3)26(13-9-12-19-10-7-6-8-11-19)21(28)15-20-24-22-23-16(2)14-18(4)27(22)25-20/h6-8,10-11,14,17H,5,13,15H2,1-4H3. The molecule has 3 rings (SSSR count). The normalized spacial score (nSPS) is 11.7. The van der Waals surface area contributed by atoms with Gasteiger partial charge < -0.3 is 4.90 Å². The highest BCUT2D eigenvalue weighted by molar-refractivity contribution is 5.78. The molecule has 0 saturated carbocycles. The molecule has 144 valence electrons. The number of nitrogens with zero attached hydrogens (tertiary/aromatic N) is 5. The van der Waals surface area contributed by atoms with Crippen molar-refractivity contribution in [1.29, 1.82) is 0 Å². The Labute approximate surface area is 165 Å². The molecule has 6 nitrogen and oxygen atoms in total. The van der Waals surface area contributed by atoms with Gasteiger partial charge in [0.2, 0.25) is 5.91 Å². The van der Waals surface area contributed by atoms with Crippen molar-refractivity contribution in [3.05, 3.63) is 59.2 Å². The van der Waals surface area contributed by atoms with Gasteiger partial charge in [-0.3, -0.25) is 4.79 Å². The van der Waals surface area contributed by atoms with Crippen LogP contribution in [0, 0.1) is 25.7 Å². The molecule has 1 aromatic carbocycles. The summed E-state index contributed by atoms with van der Waals surface area (Å²) in [4.78, 5) is 23.5. The van der Waals surface area contributed by atoms with Crippen LogP contribution >= 0.6 is 0 Å². The van der Waals surface area contributed by atoms with Crippen LogP contribution in [0.25, 0.3) is 5.78 Å². The van der Waals surface area contributed by atoms with E-state index in [2.05, 4.69) is 33.8 Å². The number of amides is 1. The summed E-state index contributed by atoms with van der Waals surface area (Å²) >= 11 is 0. The number of hydrogen-bond donors (Lipinski definition) is 0. The molecule has 2 heterocycles. The van der Waals surface area contributed by atoms with Crippen LogP contribution in [0.2, 0.25) is 0 Å². The molecule has 1 unspecified atom stereocenters. The molecule has 1 amide bonds. The van der Waals surface area contributed by atoms with Crippen LogP contribution in [0.1, 0.15) is 43.0 Å². The molecule has 0 aliphatic rings. The van der Waals surface area contributed by atoms with E-state index in [1.807, 2.05) is 57.2 Å². The number of rotatable bonds is 5. The number of aryl methyl sites for hydroxylation is 2. The number of aromatic nitrogens is 4. The molecule has 0 fully saturated rings. The Hall–Kier alpha value is -3.20. The maximum Gasteiger partial charge on any atom is 0.252 e. The first-order chi connectivity index (χ1) is 13.5. The fraction of sp³-hybridized carbons (Fsp3) is 0.364. The van der Waals surface area contributed by atoms with E-state index in [0.717, 1.165) is 23.4 Å². The summed E-state index contributed by atoms with van der Waals surface area (Å²) < 4.78 is 1.68. The highest BCUT2D eigenvalue weighted by atomic mass is 16.2. The van der Waals surface area contributed by atoms with E-state index in [9.17, 15) is 4.79 Å². The molecule has 0 saturated heterocycles.